The number of aryl methyl sites for hydroxylation is 1. The van der Waals surface area contributed by atoms with Crippen LogP contribution < -0.4 is 14.2 Å². The third kappa shape index (κ3) is 18.1. The quantitative estimate of drug-likeness (QED) is 0.384. The van der Waals surface area contributed by atoms with Gasteiger partial charge in [-0.05, 0) is 67.6 Å². The van der Waals surface area contributed by atoms with Crippen LogP contribution in [-0.2, 0) is 0 Å². The van der Waals surface area contributed by atoms with Crippen LogP contribution in [0, 0.1) is 24.1 Å². The van der Waals surface area contributed by atoms with Gasteiger partial charge in [0.15, 0.2) is 0 Å². The minimum atomic E-state index is -0.240. The summed E-state index contributed by atoms with van der Waals surface area (Å²) in [5, 5.41) is 8.41. The number of nitrogens with zero attached hydrogens (tertiary/aromatic N) is 1. The Hall–Kier alpha value is -3.52. The largest absolute Gasteiger partial charge is 0.497 e. The van der Waals surface area contributed by atoms with Crippen LogP contribution in [-0.4, -0.2) is 21.3 Å². The van der Waals surface area contributed by atoms with Crippen LogP contribution in [0.4, 0.5) is 4.39 Å². The zero-order valence-electron chi connectivity index (χ0n) is 22.5. The van der Waals surface area contributed by atoms with Crippen molar-refractivity contribution < 1.29 is 18.6 Å². The highest BCUT2D eigenvalue weighted by Crippen LogP contribution is 2.10. The van der Waals surface area contributed by atoms with Crippen LogP contribution in [0.25, 0.3) is 0 Å². The second-order valence-electron chi connectivity index (χ2n) is 5.52. The highest BCUT2D eigenvalue weighted by Gasteiger charge is 1.90. The molecule has 0 aliphatic rings. The summed E-state index contributed by atoms with van der Waals surface area (Å²) in [6.45, 7) is 14.1. The van der Waals surface area contributed by atoms with Crippen LogP contribution >= 0.6 is 0 Å². The fraction of sp³-hybridized carbons (Fsp3) is 0.345. The highest BCUT2D eigenvalue weighted by atomic mass is 19.1. The topological polar surface area (TPSA) is 51.5 Å². The molecular formula is C29H42FNO3. The minimum Gasteiger partial charge on any atom is -0.497 e. The molecule has 0 radical (unpaired) electrons. The minimum absolute atomic E-state index is 0.240. The van der Waals surface area contributed by atoms with E-state index in [4.69, 9.17) is 19.5 Å². The summed E-state index contributed by atoms with van der Waals surface area (Å²) >= 11 is 0. The van der Waals surface area contributed by atoms with Crippen LogP contribution in [0.15, 0.2) is 72.8 Å². The number of methoxy groups -OCH3 is 3. The van der Waals surface area contributed by atoms with Crippen LogP contribution in [0.2, 0.25) is 0 Å². The molecule has 188 valence electrons. The van der Waals surface area contributed by atoms with Crippen molar-refractivity contribution in [1.29, 1.82) is 5.26 Å². The van der Waals surface area contributed by atoms with Gasteiger partial charge in [-0.15, -0.1) is 0 Å². The first kappa shape index (κ1) is 35.1. The lowest BCUT2D eigenvalue weighted by atomic mass is 10.2. The van der Waals surface area contributed by atoms with E-state index >= 15 is 0 Å². The molecule has 5 heteroatoms. The lowest BCUT2D eigenvalue weighted by molar-refractivity contribution is 0.413. The van der Waals surface area contributed by atoms with Gasteiger partial charge in [-0.1, -0.05) is 59.2 Å². The van der Waals surface area contributed by atoms with Crippen molar-refractivity contribution in [3.05, 3.63) is 89.7 Å². The average Bonchev–Trinajstić information content (AvgIpc) is 2.94. The standard InChI is InChI=1S/C8H7NO.C8H10O.C7H7FO.3C2H6/c1-10-8-4-2-7(6-9)3-5-8;1-7-3-5-8(9-2)6-4-7;1-9-7-4-2-6(8)3-5-7;3*1-2/h2-5H,1H3;3-6H,1-2H3;2-5H,1H3;3*1-2H3. The summed E-state index contributed by atoms with van der Waals surface area (Å²) < 4.78 is 26.8. The average molecular weight is 472 g/mol. The molecule has 0 amide bonds. The van der Waals surface area contributed by atoms with E-state index in [1.54, 1.807) is 57.7 Å². The van der Waals surface area contributed by atoms with E-state index in [0.29, 0.717) is 11.3 Å². The number of benzene rings is 3. The molecule has 3 aromatic rings. The molecule has 0 bridgehead atoms. The molecule has 0 aliphatic heterocycles. The number of hydrogen-bond donors (Lipinski definition) is 0. The molecule has 0 saturated carbocycles. The van der Waals surface area contributed by atoms with Gasteiger partial charge >= 0.3 is 0 Å². The normalized spacial score (nSPS) is 7.82. The highest BCUT2D eigenvalue weighted by molar-refractivity contribution is 5.34. The fourth-order valence-corrected chi connectivity index (χ4v) is 1.91. The molecule has 0 aliphatic carbocycles. The van der Waals surface area contributed by atoms with Crippen LogP contribution in [0.5, 0.6) is 17.2 Å². The van der Waals surface area contributed by atoms with Gasteiger partial charge in [-0.3, -0.25) is 0 Å². The van der Waals surface area contributed by atoms with Gasteiger partial charge in [-0.25, -0.2) is 4.39 Å². The van der Waals surface area contributed by atoms with Crippen molar-refractivity contribution in [2.45, 2.75) is 48.5 Å². The van der Waals surface area contributed by atoms with Crippen molar-refractivity contribution in [3.63, 3.8) is 0 Å². The molecule has 0 aromatic heterocycles. The van der Waals surface area contributed by atoms with Crippen molar-refractivity contribution in [1.82, 2.24) is 0 Å². The predicted octanol–water partition coefficient (Wildman–Crippen LogP) is 8.48. The Morgan fingerprint density at radius 2 is 0.853 bits per heavy atom. The maximum atomic E-state index is 12.2. The monoisotopic (exact) mass is 471 g/mol. The first-order chi connectivity index (χ1) is 16.5. The zero-order chi connectivity index (χ0) is 26.8. The second-order valence-corrected chi connectivity index (χ2v) is 5.52. The molecule has 0 atom stereocenters. The summed E-state index contributed by atoms with van der Waals surface area (Å²) in [7, 11) is 4.82. The van der Waals surface area contributed by atoms with Gasteiger partial charge < -0.3 is 14.2 Å². The number of hydrogen-bond acceptors (Lipinski definition) is 4. The smallest absolute Gasteiger partial charge is 0.123 e. The van der Waals surface area contributed by atoms with E-state index in [2.05, 4.69) is 6.92 Å². The van der Waals surface area contributed by atoms with E-state index in [9.17, 15) is 4.39 Å². The lowest BCUT2D eigenvalue weighted by Gasteiger charge is -1.97. The first-order valence-electron chi connectivity index (χ1n) is 11.5. The summed E-state index contributed by atoms with van der Waals surface area (Å²) in [4.78, 5) is 0. The molecule has 3 aromatic carbocycles. The van der Waals surface area contributed by atoms with Gasteiger partial charge in [0, 0.05) is 0 Å². The second kappa shape index (κ2) is 25.7. The third-order valence-electron chi connectivity index (χ3n) is 3.53. The van der Waals surface area contributed by atoms with E-state index in [0.717, 1.165) is 11.5 Å². The van der Waals surface area contributed by atoms with Crippen molar-refractivity contribution in [2.75, 3.05) is 21.3 Å². The van der Waals surface area contributed by atoms with Gasteiger partial charge in [0.1, 0.15) is 23.1 Å². The molecule has 4 nitrogen and oxygen atoms in total. The lowest BCUT2D eigenvalue weighted by Crippen LogP contribution is -1.81. The molecule has 0 fully saturated rings. The Labute approximate surface area is 206 Å². The van der Waals surface area contributed by atoms with Crippen molar-refractivity contribution in [2.24, 2.45) is 0 Å². The Bertz CT molecular complexity index is 795. The van der Waals surface area contributed by atoms with E-state index in [1.165, 1.54) is 17.7 Å². The maximum absolute atomic E-state index is 12.2. The SMILES string of the molecule is CC.CC.CC.COc1ccc(C#N)cc1.COc1ccc(C)cc1.COc1ccc(F)cc1. The Kier molecular flexibility index (Phi) is 26.6. The van der Waals surface area contributed by atoms with E-state index < -0.39 is 0 Å². The summed E-state index contributed by atoms with van der Waals surface area (Å²) in [6.07, 6.45) is 0. The molecule has 34 heavy (non-hydrogen) atoms. The van der Waals surface area contributed by atoms with Gasteiger partial charge in [0.2, 0.25) is 0 Å². The van der Waals surface area contributed by atoms with E-state index in [1.807, 2.05) is 71.9 Å². The van der Waals surface area contributed by atoms with Gasteiger partial charge in [-0.2, -0.15) is 5.26 Å². The third-order valence-corrected chi connectivity index (χ3v) is 3.53. The van der Waals surface area contributed by atoms with Crippen LogP contribution in [0.3, 0.4) is 0 Å². The van der Waals surface area contributed by atoms with Crippen LogP contribution in [0.1, 0.15) is 52.7 Å². The Morgan fingerprint density at radius 3 is 1.15 bits per heavy atom. The summed E-state index contributed by atoms with van der Waals surface area (Å²) in [5.41, 5.74) is 1.91. The Balaban J connectivity index is -0.000000381. The van der Waals surface area contributed by atoms with Gasteiger partial charge in [0.05, 0.1) is 33.0 Å². The predicted molar refractivity (Wildman–Crippen MR) is 142 cm³/mol. The molecular weight excluding hydrogens is 429 g/mol. The molecule has 0 saturated heterocycles. The molecule has 0 spiro atoms. The fourth-order valence-electron chi connectivity index (χ4n) is 1.91. The summed E-state index contributed by atoms with van der Waals surface area (Å²) in [5.74, 6) is 2.13. The number of halogens is 1. The number of ether oxygens (including phenoxy) is 3. The van der Waals surface area contributed by atoms with E-state index in [-0.39, 0.29) is 5.82 Å². The zero-order valence-corrected chi connectivity index (χ0v) is 22.5. The molecule has 0 unspecified atom stereocenters. The van der Waals surface area contributed by atoms with Crippen molar-refractivity contribution in [3.8, 4) is 23.3 Å². The molecule has 0 N–H and O–H groups in total. The molecule has 3 rings (SSSR count). The maximum Gasteiger partial charge on any atom is 0.123 e. The first-order valence-corrected chi connectivity index (χ1v) is 11.5. The van der Waals surface area contributed by atoms with Gasteiger partial charge in [0.25, 0.3) is 0 Å². The van der Waals surface area contributed by atoms with Crippen molar-refractivity contribution >= 4 is 0 Å². The number of nitriles is 1. The summed E-state index contributed by atoms with van der Waals surface area (Å²) in [6, 6.07) is 22.8. The number of rotatable bonds is 3. The molecule has 0 heterocycles. The Morgan fingerprint density at radius 1 is 0.559 bits per heavy atom.